The number of carbonyl (C=O) groups excluding carboxylic acids is 1. The molecule has 0 N–H and O–H groups in total. The average molecular weight is 469 g/mol. The van der Waals surface area contributed by atoms with Crippen LogP contribution in [-0.2, 0) is 9.53 Å². The number of hydrogen-bond donors (Lipinski definition) is 0. The van der Waals surface area contributed by atoms with Gasteiger partial charge in [-0.3, -0.25) is 4.79 Å². The zero-order valence-corrected chi connectivity index (χ0v) is 23.7. The van der Waals surface area contributed by atoms with Gasteiger partial charge >= 0.3 is 5.97 Å². The molecule has 0 aromatic rings. The van der Waals surface area contributed by atoms with Crippen LogP contribution in [0.4, 0.5) is 0 Å². The highest BCUT2D eigenvalue weighted by molar-refractivity contribution is 5.66. The third-order valence-electron chi connectivity index (χ3n) is 13.6. The third kappa shape index (κ3) is 3.08. The van der Waals surface area contributed by atoms with Gasteiger partial charge in [-0.1, -0.05) is 67.0 Å². The van der Waals surface area contributed by atoms with Crippen molar-refractivity contribution in [3.05, 3.63) is 11.6 Å². The van der Waals surface area contributed by atoms with Crippen molar-refractivity contribution in [3.8, 4) is 0 Å². The summed E-state index contributed by atoms with van der Waals surface area (Å²) in [7, 11) is 0. The molecule has 0 bridgehead atoms. The average Bonchev–Trinajstić information content (AvgIpc) is 2.74. The zero-order chi connectivity index (χ0) is 24.9. The molecular formula is C32H52O2. The van der Waals surface area contributed by atoms with Crippen LogP contribution in [0.3, 0.4) is 0 Å². The minimum atomic E-state index is -0.110. The number of fused-ring (bicyclic) bond motifs is 7. The Bertz CT molecular complexity index is 885. The molecule has 5 aliphatic rings. The second kappa shape index (κ2) is 7.61. The molecule has 4 saturated carbocycles. The van der Waals surface area contributed by atoms with Crippen LogP contribution >= 0.6 is 0 Å². The molecule has 0 heterocycles. The van der Waals surface area contributed by atoms with Crippen molar-refractivity contribution < 1.29 is 9.53 Å². The van der Waals surface area contributed by atoms with Gasteiger partial charge in [0.25, 0.3) is 0 Å². The first-order valence-electron chi connectivity index (χ1n) is 14.6. The summed E-state index contributed by atoms with van der Waals surface area (Å²) >= 11 is 0. The molecular weight excluding hydrogens is 416 g/mol. The maximum absolute atomic E-state index is 11.9. The van der Waals surface area contributed by atoms with Crippen molar-refractivity contribution in [2.75, 3.05) is 0 Å². The topological polar surface area (TPSA) is 26.3 Å². The lowest BCUT2D eigenvalue weighted by molar-refractivity contribution is -0.212. The van der Waals surface area contributed by atoms with Crippen molar-refractivity contribution in [1.82, 2.24) is 0 Å². The third-order valence-corrected chi connectivity index (χ3v) is 13.6. The van der Waals surface area contributed by atoms with Crippen molar-refractivity contribution in [2.24, 2.45) is 56.7 Å². The van der Waals surface area contributed by atoms with Gasteiger partial charge < -0.3 is 4.74 Å². The minimum absolute atomic E-state index is 0.0450. The van der Waals surface area contributed by atoms with E-state index in [0.717, 1.165) is 30.1 Å². The van der Waals surface area contributed by atoms with Crippen LogP contribution in [0, 0.1) is 56.7 Å². The Kier molecular flexibility index (Phi) is 5.57. The second-order valence-electron chi connectivity index (χ2n) is 15.3. The van der Waals surface area contributed by atoms with Gasteiger partial charge in [0.2, 0.25) is 0 Å². The normalized spacial score (nSPS) is 54.0. The van der Waals surface area contributed by atoms with E-state index < -0.39 is 0 Å². The Morgan fingerprint density at radius 3 is 2.26 bits per heavy atom. The first-order valence-corrected chi connectivity index (χ1v) is 14.6. The molecule has 4 fully saturated rings. The minimum Gasteiger partial charge on any atom is -0.462 e. The summed E-state index contributed by atoms with van der Waals surface area (Å²) in [5.41, 5.74) is 3.44. The first-order chi connectivity index (χ1) is 15.7. The predicted octanol–water partition coefficient (Wildman–Crippen LogP) is 8.60. The van der Waals surface area contributed by atoms with Gasteiger partial charge in [-0.25, -0.2) is 0 Å². The van der Waals surface area contributed by atoms with E-state index in [9.17, 15) is 4.79 Å². The van der Waals surface area contributed by atoms with Crippen LogP contribution in [-0.4, -0.2) is 12.1 Å². The lowest BCUT2D eigenvalue weighted by Crippen LogP contribution is -2.65. The number of hydrogen-bond acceptors (Lipinski definition) is 2. The van der Waals surface area contributed by atoms with Gasteiger partial charge in [0.1, 0.15) is 6.10 Å². The molecule has 2 unspecified atom stereocenters. The molecule has 192 valence electrons. The van der Waals surface area contributed by atoms with E-state index in [1.54, 1.807) is 6.92 Å². The standard InChI is InChI=1S/C32H52O2/c1-20-12-15-29(6)18-19-31(8)23(27(29)21(20)2)10-11-25-30(7)16-14-26(34-22(3)33)28(4,5)24(30)13-17-32(25,31)9/h10,20-21,24-27H,11-19H2,1-9H3/t20-,21+,24?,25-,26?,27+,29-,30+,31-,32-/m1/s1. The van der Waals surface area contributed by atoms with Crippen LogP contribution in [0.1, 0.15) is 120 Å². The molecule has 34 heavy (non-hydrogen) atoms. The first kappa shape index (κ1) is 24.9. The zero-order valence-electron chi connectivity index (χ0n) is 23.7. The molecule has 5 aliphatic carbocycles. The molecule has 0 radical (unpaired) electrons. The van der Waals surface area contributed by atoms with E-state index in [-0.39, 0.29) is 17.5 Å². The van der Waals surface area contributed by atoms with Crippen molar-refractivity contribution in [1.29, 1.82) is 0 Å². The maximum Gasteiger partial charge on any atom is 0.302 e. The lowest BCUT2D eigenvalue weighted by Gasteiger charge is -2.71. The quantitative estimate of drug-likeness (QED) is 0.284. The van der Waals surface area contributed by atoms with Gasteiger partial charge in [-0.2, -0.15) is 0 Å². The molecule has 0 saturated heterocycles. The van der Waals surface area contributed by atoms with E-state index in [0.29, 0.717) is 27.6 Å². The summed E-state index contributed by atoms with van der Waals surface area (Å²) in [6.45, 7) is 22.1. The molecule has 0 aliphatic heterocycles. The van der Waals surface area contributed by atoms with Crippen LogP contribution in [0.25, 0.3) is 0 Å². The lowest BCUT2D eigenvalue weighted by atomic mass is 9.33. The highest BCUT2D eigenvalue weighted by Gasteiger charge is 2.68. The number of rotatable bonds is 1. The number of ether oxygens (including phenoxy) is 1. The van der Waals surface area contributed by atoms with Crippen molar-refractivity contribution in [3.63, 3.8) is 0 Å². The molecule has 0 aromatic carbocycles. The smallest absolute Gasteiger partial charge is 0.302 e. The van der Waals surface area contributed by atoms with Crippen molar-refractivity contribution in [2.45, 2.75) is 126 Å². The Labute approximate surface area is 210 Å². The predicted molar refractivity (Wildman–Crippen MR) is 140 cm³/mol. The number of allylic oxidation sites excluding steroid dienone is 2. The summed E-state index contributed by atoms with van der Waals surface area (Å²) in [4.78, 5) is 11.9. The fraction of sp³-hybridized carbons (Fsp3) is 0.906. The molecule has 5 rings (SSSR count). The number of carbonyl (C=O) groups is 1. The summed E-state index contributed by atoms with van der Waals surface area (Å²) in [5.74, 6) is 3.66. The number of esters is 1. The van der Waals surface area contributed by atoms with E-state index in [2.05, 4.69) is 61.5 Å². The van der Waals surface area contributed by atoms with Crippen LogP contribution in [0.2, 0.25) is 0 Å². The van der Waals surface area contributed by atoms with E-state index in [4.69, 9.17) is 4.74 Å². The molecule has 2 nitrogen and oxygen atoms in total. The Morgan fingerprint density at radius 2 is 1.59 bits per heavy atom. The van der Waals surface area contributed by atoms with Gasteiger partial charge in [-0.15, -0.1) is 0 Å². The van der Waals surface area contributed by atoms with Gasteiger partial charge in [0.05, 0.1) is 0 Å². The van der Waals surface area contributed by atoms with Crippen molar-refractivity contribution >= 4 is 5.97 Å². The maximum atomic E-state index is 11.9. The van der Waals surface area contributed by atoms with Crippen LogP contribution in [0.5, 0.6) is 0 Å². The SMILES string of the molecule is CC(=O)OC1CC[C@@]2(C)C(CC[C@]3(C)[C@@H]2CC=C2[C@@H]4[C@@H](C)[C@H](C)CC[C@]4(C)CC[C@]23C)C1(C)C. The van der Waals surface area contributed by atoms with Crippen LogP contribution in [0.15, 0.2) is 11.6 Å². The molecule has 10 atom stereocenters. The molecule has 0 aromatic heterocycles. The fourth-order valence-electron chi connectivity index (χ4n) is 11.2. The fourth-order valence-corrected chi connectivity index (χ4v) is 11.2. The Balaban J connectivity index is 1.54. The van der Waals surface area contributed by atoms with Gasteiger partial charge in [0, 0.05) is 12.3 Å². The molecule has 0 amide bonds. The van der Waals surface area contributed by atoms with E-state index in [1.165, 1.54) is 51.4 Å². The van der Waals surface area contributed by atoms with Gasteiger partial charge in [0.15, 0.2) is 0 Å². The van der Waals surface area contributed by atoms with E-state index in [1.807, 2.05) is 5.57 Å². The highest BCUT2D eigenvalue weighted by atomic mass is 16.5. The van der Waals surface area contributed by atoms with E-state index >= 15 is 0 Å². The summed E-state index contributed by atoms with van der Waals surface area (Å²) in [5, 5.41) is 0. The largest absolute Gasteiger partial charge is 0.462 e. The monoisotopic (exact) mass is 468 g/mol. The Morgan fingerprint density at radius 1 is 0.882 bits per heavy atom. The highest BCUT2D eigenvalue weighted by Crippen LogP contribution is 2.75. The van der Waals surface area contributed by atoms with Crippen LogP contribution < -0.4 is 0 Å². The summed E-state index contributed by atoms with van der Waals surface area (Å²) < 4.78 is 5.91. The van der Waals surface area contributed by atoms with Gasteiger partial charge in [-0.05, 0) is 109 Å². The Hall–Kier alpha value is -0.790. The molecule has 2 heteroatoms. The molecule has 0 spiro atoms. The second-order valence-corrected chi connectivity index (χ2v) is 15.3. The summed E-state index contributed by atoms with van der Waals surface area (Å²) in [6, 6.07) is 0. The summed E-state index contributed by atoms with van der Waals surface area (Å²) in [6.07, 6.45) is 14.6.